The lowest BCUT2D eigenvalue weighted by atomic mass is 9.66. The van der Waals surface area contributed by atoms with Crippen LogP contribution in [0.25, 0.3) is 76.8 Å². The predicted octanol–water partition coefficient (Wildman–Crippen LogP) is 23.8. The zero-order chi connectivity index (χ0) is 57.0. The third kappa shape index (κ3) is 9.95. The lowest BCUT2D eigenvalue weighted by molar-refractivity contribution is 0.398. The molecule has 416 valence electrons. The van der Waals surface area contributed by atoms with E-state index in [-0.39, 0.29) is 16.2 Å². The molecule has 0 nitrogen and oxygen atoms in total. The molecule has 2 aliphatic carbocycles. The second-order valence-corrected chi connectivity index (χ2v) is 27.2. The number of fused-ring (bicyclic) bond motifs is 9. The minimum absolute atomic E-state index is 0.0425. The largest absolute Gasteiger partial charge is 0.0713 e. The van der Waals surface area contributed by atoms with E-state index in [1.807, 2.05) is 0 Å². The fourth-order valence-electron chi connectivity index (χ4n) is 15.0. The quantitative estimate of drug-likeness (QED) is 0.0593. The van der Waals surface area contributed by atoms with Gasteiger partial charge in [-0.15, -0.1) is 0 Å². The average Bonchev–Trinajstić information content (AvgIpc) is 2.34. The van der Waals surface area contributed by atoms with Crippen LogP contribution in [0.2, 0.25) is 0 Å². The number of unbranched alkanes of at least 4 members (excludes halogenated alkanes) is 10. The van der Waals surface area contributed by atoms with Gasteiger partial charge in [0.15, 0.2) is 0 Å². The van der Waals surface area contributed by atoms with E-state index in [1.54, 1.807) is 11.1 Å². The Morgan fingerprint density at radius 1 is 0.329 bits per heavy atom. The summed E-state index contributed by atoms with van der Waals surface area (Å²) in [4.78, 5) is 0. The molecular weight excluding hydrogens is 985 g/mol. The van der Waals surface area contributed by atoms with E-state index in [2.05, 4.69) is 251 Å². The Bertz CT molecular complexity index is 3900. The van der Waals surface area contributed by atoms with E-state index >= 15 is 0 Å². The van der Waals surface area contributed by atoms with Crippen LogP contribution in [0.5, 0.6) is 0 Å². The van der Waals surface area contributed by atoms with Gasteiger partial charge in [-0.1, -0.05) is 289 Å². The highest BCUT2D eigenvalue weighted by molar-refractivity contribution is 6.14. The van der Waals surface area contributed by atoms with Gasteiger partial charge in [-0.05, 0) is 195 Å². The molecule has 0 amide bonds. The number of hydrogen-bond acceptors (Lipinski definition) is 0. The third-order valence-electron chi connectivity index (χ3n) is 19.5. The zero-order valence-corrected chi connectivity index (χ0v) is 51.2. The van der Waals surface area contributed by atoms with Crippen molar-refractivity contribution >= 4 is 32.3 Å². The summed E-state index contributed by atoms with van der Waals surface area (Å²) in [6, 6.07) is 72.9. The first-order chi connectivity index (χ1) is 39.6. The summed E-state index contributed by atoms with van der Waals surface area (Å²) in [6.07, 6.45) is 17.8. The summed E-state index contributed by atoms with van der Waals surface area (Å²) in [5.74, 6) is 0. The highest BCUT2D eigenvalue weighted by atomic mass is 14.5. The molecule has 0 bridgehead atoms. The van der Waals surface area contributed by atoms with Gasteiger partial charge in [0, 0.05) is 5.41 Å². The molecule has 82 heavy (non-hydrogen) atoms. The summed E-state index contributed by atoms with van der Waals surface area (Å²) in [7, 11) is 0. The zero-order valence-electron chi connectivity index (χ0n) is 51.2. The van der Waals surface area contributed by atoms with E-state index in [9.17, 15) is 0 Å². The Labute approximate surface area is 492 Å². The van der Waals surface area contributed by atoms with Crippen molar-refractivity contribution < 1.29 is 0 Å². The highest BCUT2D eigenvalue weighted by Gasteiger charge is 2.50. The van der Waals surface area contributed by atoms with Crippen LogP contribution in [0, 0.1) is 13.8 Å². The van der Waals surface area contributed by atoms with Crippen molar-refractivity contribution in [2.75, 3.05) is 0 Å². The second-order valence-electron chi connectivity index (χ2n) is 27.2. The monoisotopic (exact) mass is 1070 g/mol. The van der Waals surface area contributed by atoms with Crippen LogP contribution in [0.3, 0.4) is 0 Å². The van der Waals surface area contributed by atoms with Crippen molar-refractivity contribution in [1.82, 2.24) is 0 Å². The molecule has 2 aliphatic rings. The number of hydrogen-bond donors (Lipinski definition) is 0. The number of aryl methyl sites for hydroxylation is 2. The first kappa shape index (κ1) is 55.5. The van der Waals surface area contributed by atoms with Crippen molar-refractivity contribution in [3.05, 3.63) is 238 Å². The van der Waals surface area contributed by atoms with Crippen molar-refractivity contribution in [3.8, 4) is 44.5 Å². The van der Waals surface area contributed by atoms with E-state index in [4.69, 9.17) is 0 Å². The van der Waals surface area contributed by atoms with Crippen LogP contribution < -0.4 is 0 Å². The molecule has 10 aromatic rings. The summed E-state index contributed by atoms with van der Waals surface area (Å²) in [6.45, 7) is 23.2. The van der Waals surface area contributed by atoms with Crippen LogP contribution >= 0.6 is 0 Å². The van der Waals surface area contributed by atoms with E-state index in [0.29, 0.717) is 0 Å². The van der Waals surface area contributed by atoms with E-state index in [0.717, 1.165) is 0 Å². The van der Waals surface area contributed by atoms with Gasteiger partial charge in [-0.2, -0.15) is 0 Å². The SMILES string of the molecule is CCCCCCCCC1(CCCCCCCC)c2cc(-c3ccc4cc5cc(C)ccc5c(-c5ccc6ccccc6c5)c4c3)ccc2-c2cc3c(cc21)-c1ccc(C)cc1C3(c1ccc(C(C)(C)C)cc1)c1ccc(C(C)(C)C)cc1. The number of benzene rings is 10. The predicted molar refractivity (Wildman–Crippen MR) is 356 cm³/mol. The molecule has 0 aromatic heterocycles. The molecule has 0 heteroatoms. The van der Waals surface area contributed by atoms with Gasteiger partial charge < -0.3 is 0 Å². The molecule has 10 aromatic carbocycles. The van der Waals surface area contributed by atoms with Crippen LogP contribution in [-0.2, 0) is 21.7 Å². The summed E-state index contributed by atoms with van der Waals surface area (Å²) in [5, 5.41) is 7.75. The van der Waals surface area contributed by atoms with Crippen molar-refractivity contribution in [2.24, 2.45) is 0 Å². The smallest absolute Gasteiger partial charge is 0.0654 e. The Morgan fingerprint density at radius 3 is 1.46 bits per heavy atom. The van der Waals surface area contributed by atoms with Gasteiger partial charge in [0.1, 0.15) is 0 Å². The summed E-state index contributed by atoms with van der Waals surface area (Å²) >= 11 is 0. The topological polar surface area (TPSA) is 0 Å². The maximum absolute atomic E-state index is 2.76. The molecular formula is C82H88. The second kappa shape index (κ2) is 22.3. The van der Waals surface area contributed by atoms with Gasteiger partial charge in [0.2, 0.25) is 0 Å². The van der Waals surface area contributed by atoms with Crippen LogP contribution in [0.1, 0.15) is 201 Å². The molecule has 0 fully saturated rings. The summed E-state index contributed by atoms with van der Waals surface area (Å²) in [5.41, 5.74) is 24.3. The van der Waals surface area contributed by atoms with Crippen molar-refractivity contribution in [3.63, 3.8) is 0 Å². The first-order valence-electron chi connectivity index (χ1n) is 31.8. The normalized spacial score (nSPS) is 14.1. The highest BCUT2D eigenvalue weighted by Crippen LogP contribution is 2.62. The Morgan fingerprint density at radius 2 is 0.817 bits per heavy atom. The Kier molecular flexibility index (Phi) is 15.1. The Balaban J connectivity index is 1.09. The number of rotatable bonds is 18. The average molecular weight is 1070 g/mol. The van der Waals surface area contributed by atoms with Gasteiger partial charge in [-0.25, -0.2) is 0 Å². The minimum Gasteiger partial charge on any atom is -0.0654 e. The van der Waals surface area contributed by atoms with Gasteiger partial charge in [0.05, 0.1) is 5.41 Å². The molecule has 0 atom stereocenters. The lowest BCUT2D eigenvalue weighted by Crippen LogP contribution is -2.29. The maximum atomic E-state index is 2.76. The van der Waals surface area contributed by atoms with Gasteiger partial charge in [-0.3, -0.25) is 0 Å². The van der Waals surface area contributed by atoms with Gasteiger partial charge >= 0.3 is 0 Å². The van der Waals surface area contributed by atoms with Crippen LogP contribution in [0.15, 0.2) is 182 Å². The van der Waals surface area contributed by atoms with Gasteiger partial charge in [0.25, 0.3) is 0 Å². The lowest BCUT2D eigenvalue weighted by Gasteiger charge is -2.36. The molecule has 0 saturated heterocycles. The molecule has 0 heterocycles. The fourth-order valence-corrected chi connectivity index (χ4v) is 15.0. The minimum atomic E-state index is -0.515. The fraction of sp³-hybridized carbons (Fsp3) is 0.341. The van der Waals surface area contributed by atoms with Crippen molar-refractivity contribution in [1.29, 1.82) is 0 Å². The third-order valence-corrected chi connectivity index (χ3v) is 19.5. The van der Waals surface area contributed by atoms with Crippen LogP contribution in [0.4, 0.5) is 0 Å². The van der Waals surface area contributed by atoms with Crippen LogP contribution in [-0.4, -0.2) is 0 Å². The van der Waals surface area contributed by atoms with E-state index in [1.165, 1.54) is 211 Å². The molecule has 0 N–H and O–H groups in total. The first-order valence-corrected chi connectivity index (χ1v) is 31.8. The molecule has 0 aliphatic heterocycles. The van der Waals surface area contributed by atoms with E-state index < -0.39 is 5.41 Å². The molecule has 0 radical (unpaired) electrons. The molecule has 0 spiro atoms. The summed E-state index contributed by atoms with van der Waals surface area (Å²) < 4.78 is 0. The molecule has 0 unspecified atom stereocenters. The standard InChI is InChI=1S/C82H88/c1-11-13-15-17-19-23-45-81(46-24-20-18-16-14-12-2)74-52-60(59-30-31-61-50-63-47-55(3)27-42-68(63)78(71(61)51-59)62-32-29-57-25-21-22-26-58(57)49-62)33-44-69(74)72-54-77-73(53-75(72)81)70-43-28-56(4)48-76(70)82(77,66-38-34-64(35-39-66)79(5,6)7)67-40-36-65(37-41-67)80(8,9)10/h21-22,25-44,47-54H,11-20,23-24,45-46H2,1-10H3. The molecule has 0 saturated carbocycles. The molecule has 12 rings (SSSR count). The van der Waals surface area contributed by atoms with Crippen molar-refractivity contribution in [2.45, 2.75) is 181 Å². The maximum Gasteiger partial charge on any atom is 0.0713 e. The Hall–Kier alpha value is -7.02.